The van der Waals surface area contributed by atoms with E-state index in [0.717, 1.165) is 40.8 Å². The van der Waals surface area contributed by atoms with E-state index in [1.807, 2.05) is 31.2 Å². The topological polar surface area (TPSA) is 92.5 Å². The summed E-state index contributed by atoms with van der Waals surface area (Å²) in [4.78, 5) is 19.9. The first kappa shape index (κ1) is 22.7. The first-order valence-corrected chi connectivity index (χ1v) is 11.1. The number of aromatic nitrogens is 1. The van der Waals surface area contributed by atoms with Crippen LogP contribution in [0.3, 0.4) is 0 Å². The molecule has 1 amide bonds. The third kappa shape index (κ3) is 6.50. The number of benzene rings is 1. The lowest BCUT2D eigenvalue weighted by Gasteiger charge is -2.29. The Hall–Kier alpha value is -2.97. The number of rotatable bonds is 8. The van der Waals surface area contributed by atoms with Crippen LogP contribution in [0, 0.1) is 0 Å². The first-order chi connectivity index (χ1) is 15.0. The van der Waals surface area contributed by atoms with E-state index >= 15 is 0 Å². The van der Waals surface area contributed by atoms with Gasteiger partial charge in [0, 0.05) is 42.3 Å². The second-order valence-electron chi connectivity index (χ2n) is 7.15. The van der Waals surface area contributed by atoms with E-state index in [1.54, 1.807) is 18.0 Å². The van der Waals surface area contributed by atoms with Crippen molar-refractivity contribution in [1.82, 2.24) is 4.98 Å². The molecule has 0 radical (unpaired) electrons. The molecule has 0 bridgehead atoms. The van der Waals surface area contributed by atoms with E-state index in [9.17, 15) is 4.79 Å². The van der Waals surface area contributed by atoms with Gasteiger partial charge in [0.1, 0.15) is 5.82 Å². The Morgan fingerprint density at radius 1 is 1.32 bits per heavy atom. The van der Waals surface area contributed by atoms with Gasteiger partial charge in [-0.2, -0.15) is 0 Å². The van der Waals surface area contributed by atoms with Crippen LogP contribution >= 0.6 is 11.8 Å². The van der Waals surface area contributed by atoms with Gasteiger partial charge < -0.3 is 26.0 Å². The van der Waals surface area contributed by atoms with Crippen molar-refractivity contribution in [3.63, 3.8) is 0 Å². The number of morpholine rings is 1. The molecule has 1 aliphatic rings. The van der Waals surface area contributed by atoms with Crippen molar-refractivity contribution in [1.29, 1.82) is 0 Å². The van der Waals surface area contributed by atoms with Crippen LogP contribution in [0.4, 0.5) is 17.2 Å². The fourth-order valence-electron chi connectivity index (χ4n) is 3.25. The summed E-state index contributed by atoms with van der Waals surface area (Å²) in [5.74, 6) is 0.535. The number of anilines is 3. The fourth-order valence-corrected chi connectivity index (χ4v) is 4.06. The maximum atomic E-state index is 11.7. The summed E-state index contributed by atoms with van der Waals surface area (Å²) in [6.45, 7) is 10.6. The number of amides is 1. The zero-order valence-electron chi connectivity index (χ0n) is 17.9. The molecule has 2 heterocycles. The average Bonchev–Trinajstić information content (AvgIpc) is 2.79. The van der Waals surface area contributed by atoms with E-state index in [4.69, 9.17) is 15.5 Å². The van der Waals surface area contributed by atoms with Gasteiger partial charge in [0.2, 0.25) is 5.91 Å². The molecule has 1 saturated heterocycles. The Labute approximate surface area is 187 Å². The van der Waals surface area contributed by atoms with E-state index in [2.05, 4.69) is 41.2 Å². The number of nitrogens with one attached hydrogen (secondary N) is 2. The number of nitrogens with zero attached hydrogens (tertiary/aromatic N) is 2. The molecule has 3 rings (SSSR count). The minimum absolute atomic E-state index is 0.0957. The fraction of sp³-hybridized carbons (Fsp3) is 0.304. The highest BCUT2D eigenvalue weighted by Crippen LogP contribution is 2.30. The summed E-state index contributed by atoms with van der Waals surface area (Å²) in [7, 11) is 0. The minimum atomic E-state index is -0.247. The number of allylic oxidation sites excluding steroid dienone is 1. The van der Waals surface area contributed by atoms with E-state index < -0.39 is 0 Å². The summed E-state index contributed by atoms with van der Waals surface area (Å²) in [5.41, 5.74) is 9.13. The van der Waals surface area contributed by atoms with Gasteiger partial charge in [0.25, 0.3) is 0 Å². The van der Waals surface area contributed by atoms with Gasteiger partial charge in [-0.05, 0) is 43.0 Å². The molecule has 164 valence electrons. The molecule has 31 heavy (non-hydrogen) atoms. The lowest BCUT2D eigenvalue weighted by atomic mass is 10.1. The van der Waals surface area contributed by atoms with Crippen molar-refractivity contribution in [2.45, 2.75) is 19.2 Å². The molecule has 4 N–H and O–H groups in total. The molecule has 1 fully saturated rings. The van der Waals surface area contributed by atoms with E-state index in [-0.39, 0.29) is 11.3 Å². The molecule has 1 aliphatic heterocycles. The van der Waals surface area contributed by atoms with Crippen molar-refractivity contribution < 1.29 is 9.53 Å². The molecular weight excluding hydrogens is 410 g/mol. The van der Waals surface area contributed by atoms with Gasteiger partial charge >= 0.3 is 0 Å². The Morgan fingerprint density at radius 3 is 2.81 bits per heavy atom. The predicted octanol–water partition coefficient (Wildman–Crippen LogP) is 4.02. The first-order valence-electron chi connectivity index (χ1n) is 10.2. The maximum absolute atomic E-state index is 11.7. The predicted molar refractivity (Wildman–Crippen MR) is 130 cm³/mol. The lowest BCUT2D eigenvalue weighted by molar-refractivity contribution is -0.111. The largest absolute Gasteiger partial charge is 0.404 e. The number of carbonyl (C=O) groups excluding carboxylic acids is 1. The Kier molecular flexibility index (Phi) is 7.97. The highest BCUT2D eigenvalue weighted by molar-refractivity contribution is 8.03. The molecule has 7 nitrogen and oxygen atoms in total. The van der Waals surface area contributed by atoms with Crippen LogP contribution in [-0.4, -0.2) is 42.6 Å². The van der Waals surface area contributed by atoms with Crippen LogP contribution in [0.1, 0.15) is 13.8 Å². The smallest absolute Gasteiger partial charge is 0.247 e. The van der Waals surface area contributed by atoms with Crippen LogP contribution in [0.15, 0.2) is 60.2 Å². The van der Waals surface area contributed by atoms with E-state index in [0.29, 0.717) is 18.9 Å². The van der Waals surface area contributed by atoms with Gasteiger partial charge in [-0.3, -0.25) is 4.79 Å². The molecule has 2 aromatic rings. The van der Waals surface area contributed by atoms with Crippen molar-refractivity contribution in [2.75, 3.05) is 41.8 Å². The van der Waals surface area contributed by atoms with Crippen LogP contribution in [-0.2, 0) is 9.53 Å². The number of ether oxygens (including phenoxy) is 1. The Morgan fingerprint density at radius 2 is 2.10 bits per heavy atom. The summed E-state index contributed by atoms with van der Waals surface area (Å²) < 4.78 is 5.51. The van der Waals surface area contributed by atoms with Gasteiger partial charge in [-0.25, -0.2) is 4.98 Å². The molecule has 8 heteroatoms. The number of thioether (sulfide) groups is 1. The average molecular weight is 440 g/mol. The zero-order chi connectivity index (χ0) is 22.2. The zero-order valence-corrected chi connectivity index (χ0v) is 18.7. The Balaban J connectivity index is 1.93. The number of hydrogen-bond acceptors (Lipinski definition) is 7. The molecule has 1 aromatic carbocycles. The van der Waals surface area contributed by atoms with E-state index in [1.165, 1.54) is 6.08 Å². The molecule has 1 unspecified atom stereocenters. The summed E-state index contributed by atoms with van der Waals surface area (Å²) in [5, 5.41) is 6.37. The molecular formula is C23H29N5O2S. The van der Waals surface area contributed by atoms with Gasteiger partial charge in [0.05, 0.1) is 24.3 Å². The molecule has 0 saturated carbocycles. The third-order valence-electron chi connectivity index (χ3n) is 4.75. The van der Waals surface area contributed by atoms with Gasteiger partial charge in [0.15, 0.2) is 0 Å². The molecule has 1 atom stereocenters. The maximum Gasteiger partial charge on any atom is 0.247 e. The lowest BCUT2D eigenvalue weighted by Crippen LogP contribution is -2.36. The highest BCUT2D eigenvalue weighted by Gasteiger charge is 2.16. The second kappa shape index (κ2) is 10.9. The summed E-state index contributed by atoms with van der Waals surface area (Å²) >= 11 is 1.64. The summed E-state index contributed by atoms with van der Waals surface area (Å²) in [6, 6.07) is 11.8. The second-order valence-corrected chi connectivity index (χ2v) is 8.74. The Bertz CT molecular complexity index is 957. The van der Waals surface area contributed by atoms with Gasteiger partial charge in [-0.15, -0.1) is 11.8 Å². The van der Waals surface area contributed by atoms with Crippen molar-refractivity contribution in [3.05, 3.63) is 60.2 Å². The van der Waals surface area contributed by atoms with Crippen molar-refractivity contribution in [3.8, 4) is 11.3 Å². The quantitative estimate of drug-likeness (QED) is 0.423. The number of hydrogen-bond donors (Lipinski definition) is 3. The summed E-state index contributed by atoms with van der Waals surface area (Å²) in [6.07, 6.45) is 2.86. The van der Waals surface area contributed by atoms with Crippen molar-refractivity contribution in [2.24, 2.45) is 5.73 Å². The van der Waals surface area contributed by atoms with Crippen LogP contribution in [0.2, 0.25) is 0 Å². The highest BCUT2D eigenvalue weighted by atomic mass is 32.2. The number of nitrogens with two attached hydrogens (primary N) is 1. The third-order valence-corrected chi connectivity index (χ3v) is 5.73. The molecule has 0 aliphatic carbocycles. The number of pyridine rings is 1. The van der Waals surface area contributed by atoms with Gasteiger partial charge in [-0.1, -0.05) is 18.7 Å². The standard InChI is InChI=1S/C23H29N5O2S/c1-4-23(29)26-19-7-5-6-18(12-19)21-13-20(28-8-10-30-11-9-28)14-22(27-21)25-17(3)31-16(2)15-24/h4-7,12-15,17H,1,8-11,24H2,2-3H3,(H,25,27)(H,26,29)/b16-15-. The van der Waals surface area contributed by atoms with Crippen LogP contribution in [0.5, 0.6) is 0 Å². The minimum Gasteiger partial charge on any atom is -0.404 e. The molecule has 1 aromatic heterocycles. The van der Waals surface area contributed by atoms with Crippen LogP contribution < -0.4 is 21.3 Å². The SMILES string of the molecule is C=CC(=O)Nc1cccc(-c2cc(N3CCOCC3)cc(NC(C)S/C(C)=C\N)n2)c1. The monoisotopic (exact) mass is 439 g/mol. The molecule has 0 spiro atoms. The normalized spacial score (nSPS) is 15.3. The van der Waals surface area contributed by atoms with Crippen LogP contribution in [0.25, 0.3) is 11.3 Å². The van der Waals surface area contributed by atoms with Crippen molar-refractivity contribution >= 4 is 34.9 Å². The number of carbonyl (C=O) groups is 1.